The van der Waals surface area contributed by atoms with E-state index in [1.165, 1.54) is 36.3 Å². The van der Waals surface area contributed by atoms with Crippen LogP contribution in [-0.4, -0.2) is 72.2 Å². The van der Waals surface area contributed by atoms with Crippen molar-refractivity contribution in [1.82, 2.24) is 15.5 Å². The van der Waals surface area contributed by atoms with Gasteiger partial charge in [0.05, 0.1) is 18.7 Å². The van der Waals surface area contributed by atoms with Gasteiger partial charge in [0.2, 0.25) is 17.6 Å². The molecule has 4 N–H and O–H groups in total. The molecule has 1 saturated heterocycles. The average Bonchev–Trinajstić information content (AvgIpc) is 3.30. The maximum atomic E-state index is 14.2. The third-order valence-electron chi connectivity index (χ3n) is 9.36. The van der Waals surface area contributed by atoms with Crippen molar-refractivity contribution in [2.75, 3.05) is 13.7 Å². The molecule has 12 nitrogen and oxygen atoms in total. The van der Waals surface area contributed by atoms with Crippen LogP contribution in [0.2, 0.25) is 0 Å². The van der Waals surface area contributed by atoms with Gasteiger partial charge in [0, 0.05) is 6.54 Å². The number of nitrogens with zero attached hydrogens (tertiary/aromatic N) is 1. The highest BCUT2D eigenvalue weighted by atomic mass is 16.6. The molecule has 2 aliphatic carbocycles. The first-order chi connectivity index (χ1) is 20.4. The first-order valence-electron chi connectivity index (χ1n) is 15.0. The van der Waals surface area contributed by atoms with Crippen molar-refractivity contribution in [1.29, 1.82) is 0 Å². The Kier molecular flexibility index (Phi) is 9.76. The molecule has 12 heteroatoms. The van der Waals surface area contributed by atoms with Gasteiger partial charge in [-0.25, -0.2) is 9.59 Å². The number of benzene rings is 1. The molecule has 0 bridgehead atoms. The van der Waals surface area contributed by atoms with Crippen molar-refractivity contribution < 1.29 is 38.2 Å². The van der Waals surface area contributed by atoms with E-state index in [0.29, 0.717) is 18.5 Å². The highest BCUT2D eigenvalue weighted by molar-refractivity contribution is 6.37. The number of nitrogens with two attached hydrogens (primary N) is 1. The number of primary amides is 1. The molecule has 2 saturated carbocycles. The Morgan fingerprint density at radius 2 is 1.67 bits per heavy atom. The van der Waals surface area contributed by atoms with Gasteiger partial charge in [0.25, 0.3) is 5.91 Å². The Morgan fingerprint density at radius 1 is 1.02 bits per heavy atom. The van der Waals surface area contributed by atoms with Gasteiger partial charge >= 0.3 is 12.1 Å². The lowest BCUT2D eigenvalue weighted by Gasteiger charge is -2.37. The number of fused-ring (bicyclic) bond motifs is 1. The molecule has 1 heterocycles. The van der Waals surface area contributed by atoms with Crippen molar-refractivity contribution in [3.05, 3.63) is 29.8 Å². The topological polar surface area (TPSA) is 174 Å². The van der Waals surface area contributed by atoms with E-state index in [9.17, 15) is 28.8 Å². The van der Waals surface area contributed by atoms with E-state index in [2.05, 4.69) is 15.4 Å². The van der Waals surface area contributed by atoms with Crippen LogP contribution < -0.4 is 21.1 Å². The molecule has 4 amide bonds. The lowest BCUT2D eigenvalue weighted by Crippen LogP contribution is -2.59. The van der Waals surface area contributed by atoms with Gasteiger partial charge in [-0.2, -0.15) is 0 Å². The Hall–Kier alpha value is -3.96. The van der Waals surface area contributed by atoms with Crippen LogP contribution in [0.3, 0.4) is 0 Å². The second-order valence-corrected chi connectivity index (χ2v) is 12.4. The fourth-order valence-corrected chi connectivity index (χ4v) is 6.87. The number of piperidine rings is 1. The van der Waals surface area contributed by atoms with Gasteiger partial charge in [-0.3, -0.25) is 19.2 Å². The summed E-state index contributed by atoms with van der Waals surface area (Å²) in [6, 6.07) is 3.00. The van der Waals surface area contributed by atoms with E-state index in [4.69, 9.17) is 10.5 Å². The summed E-state index contributed by atoms with van der Waals surface area (Å²) < 4.78 is 10.1. The van der Waals surface area contributed by atoms with Gasteiger partial charge in [-0.15, -0.1) is 0 Å². The monoisotopic (exact) mass is 598 g/mol. The summed E-state index contributed by atoms with van der Waals surface area (Å²) in [5.74, 6) is -3.41. The summed E-state index contributed by atoms with van der Waals surface area (Å²) >= 11 is 0. The van der Waals surface area contributed by atoms with Crippen LogP contribution in [0.25, 0.3) is 0 Å². The Labute approximate surface area is 251 Å². The van der Waals surface area contributed by atoms with E-state index in [1.54, 1.807) is 0 Å². The number of amides is 4. The zero-order chi connectivity index (χ0) is 31.5. The SMILES string of the molecule is CCCC(NC(=O)C1C2C(CN1C(=O)[C@@H](NC(=O)Oc1ccc(C(=O)OC)cc1)C1CCCCC1)C2(C)C)C(=O)C(N)=O. The first-order valence-corrected chi connectivity index (χ1v) is 15.0. The van der Waals surface area contributed by atoms with Crippen LogP contribution in [0.1, 0.15) is 76.1 Å². The Balaban J connectivity index is 1.54. The number of esters is 1. The van der Waals surface area contributed by atoms with Crippen molar-refractivity contribution in [2.45, 2.75) is 83.8 Å². The van der Waals surface area contributed by atoms with Crippen molar-refractivity contribution in [2.24, 2.45) is 28.9 Å². The normalized spacial score (nSPS) is 23.7. The predicted octanol–water partition coefficient (Wildman–Crippen LogP) is 2.33. The summed E-state index contributed by atoms with van der Waals surface area (Å²) in [5, 5.41) is 5.47. The number of rotatable bonds is 11. The lowest BCUT2D eigenvalue weighted by atomic mass is 9.83. The highest BCUT2D eigenvalue weighted by Crippen LogP contribution is 2.65. The highest BCUT2D eigenvalue weighted by Gasteiger charge is 2.69. The minimum Gasteiger partial charge on any atom is -0.465 e. The Morgan fingerprint density at radius 3 is 2.26 bits per heavy atom. The third-order valence-corrected chi connectivity index (χ3v) is 9.36. The molecule has 4 unspecified atom stereocenters. The fourth-order valence-electron chi connectivity index (χ4n) is 6.87. The van der Waals surface area contributed by atoms with Crippen LogP contribution >= 0.6 is 0 Å². The minimum atomic E-state index is -1.12. The molecule has 5 atom stereocenters. The summed E-state index contributed by atoms with van der Waals surface area (Å²) in [6.07, 6.45) is 4.29. The van der Waals surface area contributed by atoms with E-state index in [-0.39, 0.29) is 41.2 Å². The molecule has 4 rings (SSSR count). The molecule has 1 aromatic rings. The number of likely N-dealkylation sites (tertiary alicyclic amines) is 1. The smallest absolute Gasteiger partial charge is 0.413 e. The van der Waals surface area contributed by atoms with Crippen LogP contribution in [0, 0.1) is 23.2 Å². The molecular formula is C31H42N4O8. The molecule has 43 heavy (non-hydrogen) atoms. The number of ether oxygens (including phenoxy) is 2. The van der Waals surface area contributed by atoms with Gasteiger partial charge < -0.3 is 30.7 Å². The standard InChI is InChI=1S/C31H42N4O8/c1-5-9-21(25(36)26(32)37)33-27(38)24-22-20(31(22,2)3)16-35(24)28(39)23(17-10-7-6-8-11-17)34-30(41)43-19-14-12-18(13-15-19)29(40)42-4/h12-15,17,20-24H,5-11,16H2,1-4H3,(H2,32,37)(H,33,38)(H,34,41)/t20?,21?,22?,23-,24?/m0/s1. The van der Waals surface area contributed by atoms with Crippen LogP contribution in [0.4, 0.5) is 4.79 Å². The zero-order valence-electron chi connectivity index (χ0n) is 25.2. The van der Waals surface area contributed by atoms with Gasteiger partial charge in [0.15, 0.2) is 0 Å². The first kappa shape index (κ1) is 32.0. The van der Waals surface area contributed by atoms with Crippen LogP contribution in [-0.2, 0) is 23.9 Å². The van der Waals surface area contributed by atoms with E-state index in [1.807, 2.05) is 20.8 Å². The van der Waals surface area contributed by atoms with Crippen molar-refractivity contribution in [3.8, 4) is 5.75 Å². The third kappa shape index (κ3) is 6.83. The van der Waals surface area contributed by atoms with Crippen molar-refractivity contribution in [3.63, 3.8) is 0 Å². The Bertz CT molecular complexity index is 1260. The van der Waals surface area contributed by atoms with E-state index >= 15 is 0 Å². The second kappa shape index (κ2) is 13.1. The molecule has 0 spiro atoms. The van der Waals surface area contributed by atoms with E-state index in [0.717, 1.165) is 32.1 Å². The average molecular weight is 599 g/mol. The number of Topliss-reactive ketones (excluding diaryl/α,β-unsaturated/α-hetero) is 1. The number of ketones is 1. The fraction of sp³-hybridized carbons (Fsp3) is 0.613. The summed E-state index contributed by atoms with van der Waals surface area (Å²) in [7, 11) is 1.27. The molecule has 0 aromatic heterocycles. The van der Waals surface area contributed by atoms with E-state index < -0.39 is 47.8 Å². The molecule has 234 valence electrons. The van der Waals surface area contributed by atoms with Gasteiger partial charge in [-0.1, -0.05) is 46.5 Å². The number of carbonyl (C=O) groups is 6. The summed E-state index contributed by atoms with van der Waals surface area (Å²) in [4.78, 5) is 78.2. The lowest BCUT2D eigenvalue weighted by molar-refractivity contribution is -0.144. The van der Waals surface area contributed by atoms with Gasteiger partial charge in [-0.05, 0) is 66.7 Å². The minimum absolute atomic E-state index is 0.0796. The zero-order valence-corrected chi connectivity index (χ0v) is 25.2. The van der Waals surface area contributed by atoms with Crippen LogP contribution in [0.15, 0.2) is 24.3 Å². The quantitative estimate of drug-likeness (QED) is 0.257. The molecule has 1 aliphatic heterocycles. The van der Waals surface area contributed by atoms with Crippen LogP contribution in [0.5, 0.6) is 5.75 Å². The number of hydrogen-bond donors (Lipinski definition) is 3. The second-order valence-electron chi connectivity index (χ2n) is 12.4. The maximum Gasteiger partial charge on any atom is 0.413 e. The largest absolute Gasteiger partial charge is 0.465 e. The molecule has 1 aromatic carbocycles. The number of carbonyl (C=O) groups excluding carboxylic acids is 6. The van der Waals surface area contributed by atoms with Gasteiger partial charge in [0.1, 0.15) is 17.8 Å². The van der Waals surface area contributed by atoms with Crippen molar-refractivity contribution >= 4 is 35.6 Å². The molecule has 3 fully saturated rings. The maximum absolute atomic E-state index is 14.2. The number of hydrogen-bond acceptors (Lipinski definition) is 8. The number of methoxy groups -OCH3 is 1. The molecular weight excluding hydrogens is 556 g/mol. The predicted molar refractivity (Wildman–Crippen MR) is 155 cm³/mol. The number of nitrogens with one attached hydrogen (secondary N) is 2. The summed E-state index contributed by atoms with van der Waals surface area (Å²) in [6.45, 7) is 6.25. The molecule has 3 aliphatic rings. The summed E-state index contributed by atoms with van der Waals surface area (Å²) in [5.41, 5.74) is 5.34. The molecule has 0 radical (unpaired) electrons.